The number of ether oxygens (including phenoxy) is 3. The van der Waals surface area contributed by atoms with Crippen molar-refractivity contribution in [1.29, 1.82) is 0 Å². The van der Waals surface area contributed by atoms with Crippen LogP contribution in [0.4, 0.5) is 8.78 Å². The summed E-state index contributed by atoms with van der Waals surface area (Å²) in [5, 5.41) is 0. The summed E-state index contributed by atoms with van der Waals surface area (Å²) in [7, 11) is 0. The molecule has 9 heteroatoms. The molecule has 3 atom stereocenters. The molecular formula is C36H30F2N2O5. The number of carbonyl (C=O) groups excluding carboxylic acids is 1. The van der Waals surface area contributed by atoms with Gasteiger partial charge in [0.2, 0.25) is 6.23 Å². The van der Waals surface area contributed by atoms with Crippen LogP contribution in [0, 0.1) is 6.92 Å². The highest BCUT2D eigenvalue weighted by Gasteiger charge is 2.63. The van der Waals surface area contributed by atoms with Crippen LogP contribution in [0.1, 0.15) is 39.0 Å². The number of benzene rings is 4. The molecule has 0 N–H and O–H groups in total. The van der Waals surface area contributed by atoms with Crippen molar-refractivity contribution in [2.45, 2.75) is 36.9 Å². The lowest BCUT2D eigenvalue weighted by Gasteiger charge is -2.37. The van der Waals surface area contributed by atoms with Crippen molar-refractivity contribution in [3.05, 3.63) is 172 Å². The van der Waals surface area contributed by atoms with Crippen molar-refractivity contribution in [2.24, 2.45) is 0 Å². The molecule has 4 aromatic carbocycles. The van der Waals surface area contributed by atoms with Crippen molar-refractivity contribution in [1.82, 2.24) is 9.55 Å². The third kappa shape index (κ3) is 5.80. The zero-order valence-electron chi connectivity index (χ0n) is 24.3. The van der Waals surface area contributed by atoms with Gasteiger partial charge < -0.3 is 14.2 Å². The molecule has 0 amide bonds. The second-order valence-electron chi connectivity index (χ2n) is 10.7. The van der Waals surface area contributed by atoms with Gasteiger partial charge in [-0.15, -0.1) is 0 Å². The van der Waals surface area contributed by atoms with Crippen LogP contribution in [0.2, 0.25) is 0 Å². The van der Waals surface area contributed by atoms with Crippen LogP contribution in [0.5, 0.6) is 0 Å². The Hall–Kier alpha value is -4.99. The maximum absolute atomic E-state index is 16.3. The first-order chi connectivity index (χ1) is 21.8. The van der Waals surface area contributed by atoms with E-state index < -0.39 is 48.2 Å². The van der Waals surface area contributed by atoms with Crippen LogP contribution < -0.4 is 5.69 Å². The van der Waals surface area contributed by atoms with E-state index in [-0.39, 0.29) is 5.56 Å². The van der Waals surface area contributed by atoms with Gasteiger partial charge in [0.05, 0.1) is 12.2 Å². The van der Waals surface area contributed by atoms with Crippen LogP contribution in [0.3, 0.4) is 0 Å². The summed E-state index contributed by atoms with van der Waals surface area (Å²) in [5.41, 5.74) is 0.542. The van der Waals surface area contributed by atoms with E-state index in [1.54, 1.807) is 25.1 Å². The Labute approximate surface area is 258 Å². The molecule has 1 fully saturated rings. The zero-order valence-corrected chi connectivity index (χ0v) is 24.3. The van der Waals surface area contributed by atoms with Gasteiger partial charge in [-0.1, -0.05) is 109 Å². The molecule has 5 aromatic rings. The highest BCUT2D eigenvalue weighted by Crippen LogP contribution is 2.46. The monoisotopic (exact) mass is 608 g/mol. The second-order valence-corrected chi connectivity index (χ2v) is 10.7. The average Bonchev–Trinajstić information content (AvgIpc) is 3.31. The van der Waals surface area contributed by atoms with Gasteiger partial charge in [-0.3, -0.25) is 4.57 Å². The lowest BCUT2D eigenvalue weighted by molar-refractivity contribution is -0.143. The van der Waals surface area contributed by atoms with Gasteiger partial charge in [-0.25, -0.2) is 9.59 Å². The first-order valence-electron chi connectivity index (χ1n) is 14.5. The van der Waals surface area contributed by atoms with E-state index in [9.17, 15) is 9.59 Å². The third-order valence-electron chi connectivity index (χ3n) is 7.82. The Morgan fingerprint density at radius 3 is 1.80 bits per heavy atom. The maximum atomic E-state index is 16.3. The summed E-state index contributed by atoms with van der Waals surface area (Å²) in [6.45, 7) is 1.16. The quantitative estimate of drug-likeness (QED) is 0.144. The van der Waals surface area contributed by atoms with Gasteiger partial charge >= 0.3 is 17.6 Å². The largest absolute Gasteiger partial charge is 0.449 e. The molecule has 228 valence electrons. The molecule has 0 bridgehead atoms. The van der Waals surface area contributed by atoms with Gasteiger partial charge in [0.1, 0.15) is 11.7 Å². The summed E-state index contributed by atoms with van der Waals surface area (Å²) in [4.78, 5) is 29.7. The molecule has 0 spiro atoms. The predicted molar refractivity (Wildman–Crippen MR) is 163 cm³/mol. The van der Waals surface area contributed by atoms with Crippen molar-refractivity contribution in [3.8, 4) is 0 Å². The summed E-state index contributed by atoms with van der Waals surface area (Å²) in [5.74, 6) is -4.78. The molecule has 45 heavy (non-hydrogen) atoms. The first-order valence-corrected chi connectivity index (χ1v) is 14.5. The first kappa shape index (κ1) is 30.1. The maximum Gasteiger partial charge on any atom is 0.350 e. The normalized spacial score (nSPS) is 19.2. The fourth-order valence-electron chi connectivity index (χ4n) is 5.66. The lowest BCUT2D eigenvalue weighted by atomic mass is 9.80. The number of halogens is 2. The number of carbonyl (C=O) groups is 1. The fourth-order valence-corrected chi connectivity index (χ4v) is 5.66. The van der Waals surface area contributed by atoms with E-state index in [0.29, 0.717) is 5.69 Å². The second kappa shape index (κ2) is 12.6. The Balaban J connectivity index is 1.43. The predicted octanol–water partition coefficient (Wildman–Crippen LogP) is 6.32. The van der Waals surface area contributed by atoms with Crippen molar-refractivity contribution in [3.63, 3.8) is 0 Å². The standard InChI is InChI=1S/C36H30F2N2O5/c1-25-22-23-40(34(42)39-25)33-36(37,38)31(45-32(41)26-14-6-2-7-15-26)30(44-33)24-43-35(27-16-8-3-9-17-27,28-18-10-4-11-19-28)29-20-12-5-13-21-29/h2-23,30-31,33H,24H2,1H3/t30-,31?,33-/m1/s1. The average molecular weight is 609 g/mol. The number of esters is 1. The van der Waals surface area contributed by atoms with E-state index in [0.717, 1.165) is 21.3 Å². The Kier molecular flexibility index (Phi) is 8.38. The highest BCUT2D eigenvalue weighted by atomic mass is 19.3. The molecule has 6 rings (SSSR count). The van der Waals surface area contributed by atoms with Gasteiger partial charge in [-0.05, 0) is 41.8 Å². The number of nitrogens with zero attached hydrogens (tertiary/aromatic N) is 2. The summed E-state index contributed by atoms with van der Waals surface area (Å²) < 4.78 is 51.5. The zero-order chi connectivity index (χ0) is 31.4. The summed E-state index contributed by atoms with van der Waals surface area (Å²) in [6.07, 6.45) is -4.46. The molecule has 2 heterocycles. The van der Waals surface area contributed by atoms with Crippen molar-refractivity contribution in [2.75, 3.05) is 6.61 Å². The SMILES string of the molecule is Cc1ccn([C@@H]2O[C@H](COC(c3ccccc3)(c3ccccc3)c3ccccc3)C(OC(=O)c3ccccc3)C2(F)F)c(=O)n1. The highest BCUT2D eigenvalue weighted by molar-refractivity contribution is 5.89. The van der Waals surface area contributed by atoms with E-state index in [4.69, 9.17) is 14.2 Å². The van der Waals surface area contributed by atoms with Crippen LogP contribution in [-0.4, -0.2) is 40.3 Å². The van der Waals surface area contributed by atoms with E-state index >= 15 is 8.78 Å². The van der Waals surface area contributed by atoms with Gasteiger partial charge in [-0.2, -0.15) is 13.8 Å². The molecule has 1 unspecified atom stereocenters. The molecular weight excluding hydrogens is 578 g/mol. The number of aryl methyl sites for hydroxylation is 1. The van der Waals surface area contributed by atoms with Gasteiger partial charge in [0.15, 0.2) is 6.10 Å². The Bertz CT molecular complexity index is 1710. The smallest absolute Gasteiger partial charge is 0.350 e. The molecule has 0 radical (unpaired) electrons. The Morgan fingerprint density at radius 2 is 1.31 bits per heavy atom. The molecule has 1 aliphatic heterocycles. The van der Waals surface area contributed by atoms with Gasteiger partial charge in [0.25, 0.3) is 0 Å². The van der Waals surface area contributed by atoms with Crippen LogP contribution in [-0.2, 0) is 19.8 Å². The van der Waals surface area contributed by atoms with E-state index in [2.05, 4.69) is 4.98 Å². The van der Waals surface area contributed by atoms with Crippen LogP contribution in [0.25, 0.3) is 0 Å². The minimum atomic E-state index is -3.83. The van der Waals surface area contributed by atoms with Crippen molar-refractivity contribution < 1.29 is 27.8 Å². The van der Waals surface area contributed by atoms with Crippen LogP contribution in [0.15, 0.2) is 138 Å². The lowest BCUT2D eigenvalue weighted by Crippen LogP contribution is -2.45. The minimum absolute atomic E-state index is 0.0952. The number of rotatable bonds is 9. The Morgan fingerprint density at radius 1 is 0.822 bits per heavy atom. The minimum Gasteiger partial charge on any atom is -0.449 e. The summed E-state index contributed by atoms with van der Waals surface area (Å²) in [6, 6.07) is 37.5. The molecule has 1 aliphatic rings. The third-order valence-corrected chi connectivity index (χ3v) is 7.82. The van der Waals surface area contributed by atoms with E-state index in [1.165, 1.54) is 24.4 Å². The topological polar surface area (TPSA) is 79.7 Å². The van der Waals surface area contributed by atoms with E-state index in [1.807, 2.05) is 91.0 Å². The van der Waals surface area contributed by atoms with Crippen LogP contribution >= 0.6 is 0 Å². The fraction of sp³-hybridized carbons (Fsp3) is 0.194. The number of hydrogen-bond donors (Lipinski definition) is 0. The molecule has 0 saturated carbocycles. The number of aromatic nitrogens is 2. The number of alkyl halides is 2. The van der Waals surface area contributed by atoms with Gasteiger partial charge in [0, 0.05) is 11.9 Å². The molecule has 1 saturated heterocycles. The molecule has 1 aromatic heterocycles. The van der Waals surface area contributed by atoms with Crippen molar-refractivity contribution >= 4 is 5.97 Å². The summed E-state index contributed by atoms with van der Waals surface area (Å²) >= 11 is 0. The molecule has 0 aliphatic carbocycles. The molecule has 7 nitrogen and oxygen atoms in total. The number of hydrogen-bond acceptors (Lipinski definition) is 6.